The van der Waals surface area contributed by atoms with Gasteiger partial charge < -0.3 is 4.90 Å². The van der Waals surface area contributed by atoms with Crippen molar-refractivity contribution in [3.05, 3.63) is 59.9 Å². The van der Waals surface area contributed by atoms with Gasteiger partial charge in [-0.05, 0) is 17.7 Å². The molecule has 0 saturated carbocycles. The predicted octanol–water partition coefficient (Wildman–Crippen LogP) is 3.77. The van der Waals surface area contributed by atoms with E-state index in [-0.39, 0.29) is 0 Å². The van der Waals surface area contributed by atoms with Crippen LogP contribution in [0.1, 0.15) is 16.7 Å². The Balaban J connectivity index is 2.08. The Labute approximate surface area is 120 Å². The Hall–Kier alpha value is -2.37. The fraction of sp³-hybridized carbons (Fsp3) is 0.200. The molecule has 0 aliphatic carbocycles. The molecule has 0 radical (unpaired) electrons. The van der Waals surface area contributed by atoms with Crippen molar-refractivity contribution in [2.45, 2.75) is 12.7 Å². The predicted molar refractivity (Wildman–Crippen MR) is 75.7 cm³/mol. The van der Waals surface area contributed by atoms with E-state index in [1.165, 1.54) is 12.1 Å². The summed E-state index contributed by atoms with van der Waals surface area (Å²) in [6.45, 7) is 4.04. The molecule has 2 rings (SSSR count). The highest BCUT2D eigenvalue weighted by molar-refractivity contribution is 5.45. The third-order valence-corrected chi connectivity index (χ3v) is 2.94. The van der Waals surface area contributed by atoms with Crippen molar-refractivity contribution in [2.75, 3.05) is 11.9 Å². The second-order valence-corrected chi connectivity index (χ2v) is 4.57. The first-order chi connectivity index (χ1) is 9.90. The third-order valence-electron chi connectivity index (χ3n) is 2.94. The quantitative estimate of drug-likeness (QED) is 0.859. The molecule has 0 atom stereocenters. The zero-order valence-corrected chi connectivity index (χ0v) is 11.4. The van der Waals surface area contributed by atoms with Crippen LogP contribution in [0, 0.1) is 0 Å². The normalized spacial score (nSPS) is 11.2. The molecular formula is C15H14F3N3. The highest BCUT2D eigenvalue weighted by atomic mass is 19.4. The van der Waals surface area contributed by atoms with E-state index in [1.54, 1.807) is 30.4 Å². The van der Waals surface area contributed by atoms with Gasteiger partial charge in [-0.15, -0.1) is 0 Å². The lowest BCUT2D eigenvalue weighted by Gasteiger charge is -2.17. The van der Waals surface area contributed by atoms with Crippen LogP contribution in [0.15, 0.2) is 43.2 Å². The van der Waals surface area contributed by atoms with Crippen LogP contribution in [0.4, 0.5) is 19.1 Å². The minimum Gasteiger partial charge on any atom is -0.340 e. The third kappa shape index (κ3) is 3.81. The molecule has 0 fully saturated rings. The minimum absolute atomic E-state index is 0.422. The summed E-state index contributed by atoms with van der Waals surface area (Å²) in [5.74, 6) is 0.500. The summed E-state index contributed by atoms with van der Waals surface area (Å²) in [6.07, 6.45) is 0.602. The Morgan fingerprint density at radius 3 is 2.19 bits per heavy atom. The molecule has 0 bridgehead atoms. The molecule has 21 heavy (non-hydrogen) atoms. The van der Waals surface area contributed by atoms with Gasteiger partial charge in [-0.2, -0.15) is 13.2 Å². The molecule has 3 nitrogen and oxygen atoms in total. The smallest absolute Gasteiger partial charge is 0.340 e. The van der Waals surface area contributed by atoms with E-state index in [4.69, 9.17) is 0 Å². The SMILES string of the molecule is C=Cc1cnc(N(C)Cc2ccc(C(F)(F)F)cc2)nc1. The fourth-order valence-electron chi connectivity index (χ4n) is 1.78. The fourth-order valence-corrected chi connectivity index (χ4v) is 1.78. The number of nitrogens with zero attached hydrogens (tertiary/aromatic N) is 3. The summed E-state index contributed by atoms with van der Waals surface area (Å²) < 4.78 is 37.4. The van der Waals surface area contributed by atoms with Gasteiger partial charge in [0.1, 0.15) is 0 Å². The average molecular weight is 293 g/mol. The molecule has 6 heteroatoms. The zero-order valence-electron chi connectivity index (χ0n) is 11.4. The van der Waals surface area contributed by atoms with Crippen LogP contribution < -0.4 is 4.90 Å². The Morgan fingerprint density at radius 2 is 1.71 bits per heavy atom. The maximum atomic E-state index is 12.5. The standard InChI is InChI=1S/C15H14F3N3/c1-3-11-8-19-14(20-9-11)21(2)10-12-4-6-13(7-5-12)15(16,17)18/h3-9H,1,10H2,2H3. The van der Waals surface area contributed by atoms with E-state index in [0.717, 1.165) is 23.3 Å². The van der Waals surface area contributed by atoms with E-state index in [1.807, 2.05) is 0 Å². The average Bonchev–Trinajstić information content (AvgIpc) is 2.47. The first-order valence-electron chi connectivity index (χ1n) is 6.22. The molecule has 0 amide bonds. The van der Waals surface area contributed by atoms with E-state index in [0.29, 0.717) is 12.5 Å². The van der Waals surface area contributed by atoms with Crippen molar-refractivity contribution in [1.82, 2.24) is 9.97 Å². The van der Waals surface area contributed by atoms with Gasteiger partial charge >= 0.3 is 6.18 Å². The number of rotatable bonds is 4. The Morgan fingerprint density at radius 1 is 1.14 bits per heavy atom. The Bertz CT molecular complexity index is 604. The second-order valence-electron chi connectivity index (χ2n) is 4.57. The monoisotopic (exact) mass is 293 g/mol. The maximum Gasteiger partial charge on any atom is 0.416 e. The Kier molecular flexibility index (Phi) is 4.26. The van der Waals surface area contributed by atoms with Crippen molar-refractivity contribution in [3.8, 4) is 0 Å². The lowest BCUT2D eigenvalue weighted by Crippen LogP contribution is -2.19. The van der Waals surface area contributed by atoms with Gasteiger partial charge in [0, 0.05) is 31.5 Å². The van der Waals surface area contributed by atoms with Crippen LogP contribution in [-0.2, 0) is 12.7 Å². The molecule has 0 aliphatic rings. The van der Waals surface area contributed by atoms with Crippen molar-refractivity contribution in [3.63, 3.8) is 0 Å². The van der Waals surface area contributed by atoms with Crippen LogP contribution in [-0.4, -0.2) is 17.0 Å². The van der Waals surface area contributed by atoms with Crippen LogP contribution in [0.3, 0.4) is 0 Å². The van der Waals surface area contributed by atoms with Gasteiger partial charge in [0.25, 0.3) is 0 Å². The number of halogens is 3. The van der Waals surface area contributed by atoms with Crippen LogP contribution in [0.25, 0.3) is 6.08 Å². The zero-order chi connectivity index (χ0) is 15.5. The second kappa shape index (κ2) is 5.95. The summed E-state index contributed by atoms with van der Waals surface area (Å²) in [7, 11) is 1.78. The summed E-state index contributed by atoms with van der Waals surface area (Å²) in [5.41, 5.74) is 0.907. The molecule has 0 aliphatic heterocycles. The molecule has 0 spiro atoms. The highest BCUT2D eigenvalue weighted by Crippen LogP contribution is 2.29. The van der Waals surface area contributed by atoms with E-state index < -0.39 is 11.7 Å². The molecule has 110 valence electrons. The summed E-state index contributed by atoms with van der Waals surface area (Å²) >= 11 is 0. The van der Waals surface area contributed by atoms with Crippen LogP contribution >= 0.6 is 0 Å². The number of benzene rings is 1. The molecular weight excluding hydrogens is 279 g/mol. The van der Waals surface area contributed by atoms with Gasteiger partial charge in [0.05, 0.1) is 5.56 Å². The summed E-state index contributed by atoms with van der Waals surface area (Å²) in [4.78, 5) is 10.1. The van der Waals surface area contributed by atoms with Gasteiger partial charge in [0.2, 0.25) is 5.95 Å². The number of alkyl halides is 3. The molecule has 0 N–H and O–H groups in total. The lowest BCUT2D eigenvalue weighted by atomic mass is 10.1. The van der Waals surface area contributed by atoms with Crippen molar-refractivity contribution >= 4 is 12.0 Å². The minimum atomic E-state index is -4.31. The van der Waals surface area contributed by atoms with Crippen LogP contribution in [0.2, 0.25) is 0 Å². The lowest BCUT2D eigenvalue weighted by molar-refractivity contribution is -0.137. The van der Waals surface area contributed by atoms with E-state index in [9.17, 15) is 13.2 Å². The van der Waals surface area contributed by atoms with Crippen molar-refractivity contribution in [1.29, 1.82) is 0 Å². The molecule has 1 aromatic carbocycles. The number of hydrogen-bond acceptors (Lipinski definition) is 3. The van der Waals surface area contributed by atoms with Crippen molar-refractivity contribution in [2.24, 2.45) is 0 Å². The summed E-state index contributed by atoms with van der Waals surface area (Å²) in [5, 5.41) is 0. The molecule has 1 aromatic heterocycles. The molecule has 0 unspecified atom stereocenters. The molecule has 0 saturated heterocycles. The highest BCUT2D eigenvalue weighted by Gasteiger charge is 2.29. The largest absolute Gasteiger partial charge is 0.416 e. The van der Waals surface area contributed by atoms with Crippen molar-refractivity contribution < 1.29 is 13.2 Å². The summed E-state index contributed by atoms with van der Waals surface area (Å²) in [6, 6.07) is 5.06. The van der Waals surface area contributed by atoms with Gasteiger partial charge in [-0.3, -0.25) is 0 Å². The topological polar surface area (TPSA) is 29.0 Å². The van der Waals surface area contributed by atoms with Gasteiger partial charge in [-0.1, -0.05) is 24.8 Å². The van der Waals surface area contributed by atoms with Gasteiger partial charge in [0.15, 0.2) is 0 Å². The maximum absolute atomic E-state index is 12.5. The number of anilines is 1. The van der Waals surface area contributed by atoms with E-state index in [2.05, 4.69) is 16.5 Å². The first kappa shape index (κ1) is 15.0. The number of aromatic nitrogens is 2. The van der Waals surface area contributed by atoms with Crippen LogP contribution in [0.5, 0.6) is 0 Å². The number of hydrogen-bond donors (Lipinski definition) is 0. The van der Waals surface area contributed by atoms with Gasteiger partial charge in [-0.25, -0.2) is 9.97 Å². The molecule has 1 heterocycles. The van der Waals surface area contributed by atoms with E-state index >= 15 is 0 Å². The molecule has 2 aromatic rings. The first-order valence-corrected chi connectivity index (χ1v) is 6.22.